The van der Waals surface area contributed by atoms with Crippen molar-refractivity contribution in [3.8, 4) is 0 Å². The summed E-state index contributed by atoms with van der Waals surface area (Å²) in [6.45, 7) is -0.577. The van der Waals surface area contributed by atoms with E-state index in [1.807, 2.05) is 6.26 Å². The Balaban J connectivity index is 4.23. The van der Waals surface area contributed by atoms with Crippen LogP contribution in [0.2, 0.25) is 0 Å². The van der Waals surface area contributed by atoms with Crippen LogP contribution in [0.3, 0.4) is 0 Å². The molecule has 0 aromatic carbocycles. The Labute approximate surface area is 108 Å². The summed E-state index contributed by atoms with van der Waals surface area (Å²) in [6, 6.07) is -1.76. The van der Waals surface area contributed by atoms with E-state index in [1.165, 1.54) is 11.8 Å². The zero-order valence-corrected chi connectivity index (χ0v) is 10.7. The van der Waals surface area contributed by atoms with E-state index in [0.29, 0.717) is 12.2 Å². The van der Waals surface area contributed by atoms with Gasteiger partial charge in [0.1, 0.15) is 12.1 Å². The van der Waals surface area contributed by atoms with E-state index in [0.717, 1.165) is 0 Å². The maximum Gasteiger partial charge on any atom is 0.312 e. The van der Waals surface area contributed by atoms with Crippen LogP contribution in [0.5, 0.6) is 0 Å². The van der Waals surface area contributed by atoms with E-state index in [2.05, 4.69) is 10.6 Å². The fraction of sp³-hybridized carbons (Fsp3) is 0.778. The highest BCUT2D eigenvalue weighted by Crippen LogP contribution is 2.02. The van der Waals surface area contributed by atoms with Gasteiger partial charge in [-0.15, -0.1) is 0 Å². The molecule has 0 aromatic heterocycles. The first-order valence-corrected chi connectivity index (χ1v) is 6.56. The summed E-state index contributed by atoms with van der Waals surface area (Å²) < 4.78 is 24.0. The molecule has 0 aliphatic carbocycles. The quantitative estimate of drug-likeness (QED) is 0.483. The zero-order chi connectivity index (χ0) is 14.1. The lowest BCUT2D eigenvalue weighted by Gasteiger charge is -2.18. The molecule has 0 spiro atoms. The van der Waals surface area contributed by atoms with Gasteiger partial charge in [-0.2, -0.15) is 11.8 Å². The molecule has 0 aromatic rings. The number of hydrogen-bond acceptors (Lipinski definition) is 4. The van der Waals surface area contributed by atoms with Crippen LogP contribution in [0.25, 0.3) is 0 Å². The Morgan fingerprint density at radius 1 is 1.44 bits per heavy atom. The Morgan fingerprint density at radius 3 is 2.50 bits per heavy atom. The van der Waals surface area contributed by atoms with Crippen LogP contribution in [-0.4, -0.2) is 54.2 Å². The molecule has 18 heavy (non-hydrogen) atoms. The van der Waals surface area contributed by atoms with Crippen LogP contribution in [0.4, 0.5) is 13.6 Å². The molecule has 0 saturated carbocycles. The van der Waals surface area contributed by atoms with Gasteiger partial charge in [-0.3, -0.25) is 4.79 Å². The number of aliphatic hydroxyl groups is 1. The first-order chi connectivity index (χ1) is 8.38. The molecular formula is C9H17F2N3O3S. The summed E-state index contributed by atoms with van der Waals surface area (Å²) in [6.07, 6.45) is -2.72. The van der Waals surface area contributed by atoms with Crippen LogP contribution in [-0.2, 0) is 4.79 Å². The number of nitrogens with two attached hydrogens (primary N) is 1. The number of primary amides is 1. The largest absolute Gasteiger partial charge is 0.385 e. The third-order valence-corrected chi connectivity index (χ3v) is 2.66. The first kappa shape index (κ1) is 16.9. The number of halogens is 2. The van der Waals surface area contributed by atoms with Gasteiger partial charge >= 0.3 is 6.03 Å². The van der Waals surface area contributed by atoms with E-state index in [-0.39, 0.29) is 0 Å². The lowest BCUT2D eigenvalue weighted by atomic mass is 10.2. The fourth-order valence-electron chi connectivity index (χ4n) is 1.09. The molecule has 5 N–H and O–H groups in total. The minimum absolute atomic E-state index is 0.320. The maximum atomic E-state index is 12.0. The molecular weight excluding hydrogens is 268 g/mol. The summed E-state index contributed by atoms with van der Waals surface area (Å²) >= 11 is 1.46. The number of thioether (sulfide) groups is 1. The number of rotatable bonds is 8. The number of hydrogen-bond donors (Lipinski definition) is 4. The normalized spacial score (nSPS) is 14.1. The molecule has 106 valence electrons. The van der Waals surface area contributed by atoms with Gasteiger partial charge in [0.15, 0.2) is 0 Å². The van der Waals surface area contributed by atoms with Gasteiger partial charge in [-0.25, -0.2) is 13.6 Å². The van der Waals surface area contributed by atoms with Crippen molar-refractivity contribution in [3.63, 3.8) is 0 Å². The maximum absolute atomic E-state index is 12.0. The number of carbonyl (C=O) groups is 2. The molecule has 0 fully saturated rings. The van der Waals surface area contributed by atoms with E-state index < -0.39 is 37.1 Å². The second-order valence-electron chi connectivity index (χ2n) is 3.49. The van der Waals surface area contributed by atoms with Gasteiger partial charge in [0.25, 0.3) is 6.43 Å². The molecule has 0 heterocycles. The average molecular weight is 285 g/mol. The van der Waals surface area contributed by atoms with Crippen molar-refractivity contribution in [2.24, 2.45) is 5.73 Å². The molecule has 6 nitrogen and oxygen atoms in total. The van der Waals surface area contributed by atoms with E-state index in [1.54, 1.807) is 0 Å². The summed E-state index contributed by atoms with van der Waals surface area (Å²) in [5.74, 6) is -0.0574. The number of urea groups is 1. The summed E-state index contributed by atoms with van der Waals surface area (Å²) in [7, 11) is 0. The Morgan fingerprint density at radius 2 is 2.06 bits per heavy atom. The molecule has 0 aliphatic rings. The van der Waals surface area contributed by atoms with E-state index in [9.17, 15) is 18.4 Å². The fourth-order valence-corrected chi connectivity index (χ4v) is 1.57. The summed E-state index contributed by atoms with van der Waals surface area (Å²) in [5, 5.41) is 13.2. The van der Waals surface area contributed by atoms with Crippen LogP contribution in [0.15, 0.2) is 0 Å². The molecule has 3 amide bonds. The van der Waals surface area contributed by atoms with Crippen molar-refractivity contribution in [2.45, 2.75) is 25.0 Å². The second kappa shape index (κ2) is 8.92. The van der Waals surface area contributed by atoms with Crippen molar-refractivity contribution in [2.75, 3.05) is 18.6 Å². The number of carbonyl (C=O) groups excluding carboxylic acids is 2. The standard InChI is InChI=1S/C9H17F2N3O3S/c1-18-3-2-5(14-9(12)17)8(16)13-4-6(15)7(10)11/h5-7,15H,2-4H2,1H3,(H,13,16)(H3,12,14,17). The highest BCUT2D eigenvalue weighted by molar-refractivity contribution is 7.98. The van der Waals surface area contributed by atoms with Crippen molar-refractivity contribution >= 4 is 23.7 Å². The van der Waals surface area contributed by atoms with Crippen LogP contribution in [0, 0.1) is 0 Å². The van der Waals surface area contributed by atoms with Crippen LogP contribution < -0.4 is 16.4 Å². The van der Waals surface area contributed by atoms with Crippen molar-refractivity contribution in [3.05, 3.63) is 0 Å². The van der Waals surface area contributed by atoms with Gasteiger partial charge in [-0.05, 0) is 18.4 Å². The molecule has 2 unspecified atom stereocenters. The predicted octanol–water partition coefficient (Wildman–Crippen LogP) is -0.481. The number of nitrogens with one attached hydrogen (secondary N) is 2. The lowest BCUT2D eigenvalue weighted by Crippen LogP contribution is -2.50. The molecule has 0 aliphatic heterocycles. The molecule has 0 rings (SSSR count). The predicted molar refractivity (Wildman–Crippen MR) is 64.5 cm³/mol. The monoisotopic (exact) mass is 285 g/mol. The average Bonchev–Trinajstić information content (AvgIpc) is 2.30. The van der Waals surface area contributed by atoms with E-state index in [4.69, 9.17) is 10.8 Å². The molecule has 2 atom stereocenters. The number of amides is 3. The van der Waals surface area contributed by atoms with Crippen LogP contribution in [0.1, 0.15) is 6.42 Å². The molecule has 0 radical (unpaired) electrons. The molecule has 0 saturated heterocycles. The van der Waals surface area contributed by atoms with Crippen LogP contribution >= 0.6 is 11.8 Å². The topological polar surface area (TPSA) is 104 Å². The highest BCUT2D eigenvalue weighted by atomic mass is 32.2. The van der Waals surface area contributed by atoms with Gasteiger partial charge in [-0.1, -0.05) is 0 Å². The second-order valence-corrected chi connectivity index (χ2v) is 4.48. The van der Waals surface area contributed by atoms with Gasteiger partial charge in [0.05, 0.1) is 0 Å². The summed E-state index contributed by atoms with van der Waals surface area (Å²) in [4.78, 5) is 22.2. The SMILES string of the molecule is CSCCC(NC(N)=O)C(=O)NCC(O)C(F)F. The minimum Gasteiger partial charge on any atom is -0.385 e. The molecule has 0 bridgehead atoms. The lowest BCUT2D eigenvalue weighted by molar-refractivity contribution is -0.124. The molecule has 9 heteroatoms. The van der Waals surface area contributed by atoms with E-state index >= 15 is 0 Å². The third kappa shape index (κ3) is 7.28. The first-order valence-electron chi connectivity index (χ1n) is 5.17. The zero-order valence-electron chi connectivity index (χ0n) is 9.86. The number of alkyl halides is 2. The Kier molecular flexibility index (Phi) is 8.38. The van der Waals surface area contributed by atoms with Gasteiger partial charge in [0, 0.05) is 6.54 Å². The van der Waals surface area contributed by atoms with Gasteiger partial charge in [0.2, 0.25) is 5.91 Å². The van der Waals surface area contributed by atoms with Crippen molar-refractivity contribution in [1.29, 1.82) is 0 Å². The number of aliphatic hydroxyl groups excluding tert-OH is 1. The van der Waals surface area contributed by atoms with Crippen molar-refractivity contribution in [1.82, 2.24) is 10.6 Å². The summed E-state index contributed by atoms with van der Waals surface area (Å²) in [5.41, 5.74) is 4.90. The highest BCUT2D eigenvalue weighted by Gasteiger charge is 2.22. The smallest absolute Gasteiger partial charge is 0.312 e. The minimum atomic E-state index is -2.93. The van der Waals surface area contributed by atoms with Crippen molar-refractivity contribution < 1.29 is 23.5 Å². The Hall–Kier alpha value is -1.09. The van der Waals surface area contributed by atoms with Gasteiger partial charge < -0.3 is 21.5 Å². The third-order valence-electron chi connectivity index (χ3n) is 2.02. The Bertz CT molecular complexity index is 282.